The van der Waals surface area contributed by atoms with Crippen LogP contribution in [0.1, 0.15) is 29.9 Å². The van der Waals surface area contributed by atoms with Gasteiger partial charge in [-0.25, -0.2) is 13.1 Å². The van der Waals surface area contributed by atoms with E-state index in [2.05, 4.69) is 20.7 Å². The van der Waals surface area contributed by atoms with Crippen LogP contribution < -0.4 is 4.72 Å². The van der Waals surface area contributed by atoms with Crippen molar-refractivity contribution in [2.75, 3.05) is 0 Å². The van der Waals surface area contributed by atoms with E-state index >= 15 is 0 Å². The Bertz CT molecular complexity index is 739. The minimum absolute atomic E-state index is 0.0213. The standard InChI is InChI=1S/C14H16BrNO4S/c1-9-5-3-4-6-12(9)10(2)16-21(18,19)13-7-11(8-17)20-14(13)15/h3-7,10,16-17H,8H2,1-2H3. The van der Waals surface area contributed by atoms with Gasteiger partial charge in [-0.1, -0.05) is 24.3 Å². The number of hydrogen-bond acceptors (Lipinski definition) is 4. The van der Waals surface area contributed by atoms with Gasteiger partial charge < -0.3 is 9.52 Å². The lowest BCUT2D eigenvalue weighted by Crippen LogP contribution is -2.27. The molecule has 114 valence electrons. The number of aryl methyl sites for hydroxylation is 1. The van der Waals surface area contributed by atoms with Gasteiger partial charge >= 0.3 is 0 Å². The molecule has 2 aromatic rings. The Hall–Kier alpha value is -1.15. The number of nitrogens with one attached hydrogen (secondary N) is 1. The number of aliphatic hydroxyl groups excluding tert-OH is 1. The van der Waals surface area contributed by atoms with Gasteiger partial charge in [-0.3, -0.25) is 0 Å². The van der Waals surface area contributed by atoms with Gasteiger partial charge in [0.1, 0.15) is 17.3 Å². The quantitative estimate of drug-likeness (QED) is 0.844. The van der Waals surface area contributed by atoms with Crippen molar-refractivity contribution in [2.24, 2.45) is 0 Å². The minimum Gasteiger partial charge on any atom is -0.450 e. The molecule has 0 saturated carbocycles. The Kier molecular flexibility index (Phi) is 4.88. The monoisotopic (exact) mass is 373 g/mol. The van der Waals surface area contributed by atoms with Crippen molar-refractivity contribution < 1.29 is 17.9 Å². The second-order valence-corrected chi connectivity index (χ2v) is 7.11. The molecule has 1 heterocycles. The smallest absolute Gasteiger partial charge is 0.245 e. The summed E-state index contributed by atoms with van der Waals surface area (Å²) in [5, 5.41) is 9.01. The predicted octanol–water partition coefficient (Wildman–Crippen LogP) is 2.88. The number of rotatable bonds is 5. The third-order valence-electron chi connectivity index (χ3n) is 3.14. The molecule has 0 aliphatic carbocycles. The summed E-state index contributed by atoms with van der Waals surface area (Å²) in [4.78, 5) is -0.0213. The van der Waals surface area contributed by atoms with Crippen LogP contribution in [0, 0.1) is 6.92 Å². The van der Waals surface area contributed by atoms with E-state index in [1.165, 1.54) is 6.07 Å². The molecule has 1 unspecified atom stereocenters. The van der Waals surface area contributed by atoms with E-state index in [0.29, 0.717) is 0 Å². The molecule has 5 nitrogen and oxygen atoms in total. The maximum absolute atomic E-state index is 12.4. The van der Waals surface area contributed by atoms with E-state index in [4.69, 9.17) is 9.52 Å². The first kappa shape index (κ1) is 16.2. The van der Waals surface area contributed by atoms with E-state index in [1.54, 1.807) is 6.92 Å². The molecule has 0 amide bonds. The van der Waals surface area contributed by atoms with Crippen molar-refractivity contribution in [3.63, 3.8) is 0 Å². The molecule has 2 N–H and O–H groups in total. The largest absolute Gasteiger partial charge is 0.450 e. The highest BCUT2D eigenvalue weighted by atomic mass is 79.9. The van der Waals surface area contributed by atoms with E-state index in [1.807, 2.05) is 31.2 Å². The van der Waals surface area contributed by atoms with Crippen LogP contribution in [0.3, 0.4) is 0 Å². The summed E-state index contributed by atoms with van der Waals surface area (Å²) in [6.45, 7) is 3.35. The Labute approximate surface area is 132 Å². The molecule has 21 heavy (non-hydrogen) atoms. The van der Waals surface area contributed by atoms with Crippen LogP contribution in [0.5, 0.6) is 0 Å². The van der Waals surface area contributed by atoms with Crippen molar-refractivity contribution in [1.29, 1.82) is 0 Å². The third-order valence-corrected chi connectivity index (χ3v) is 5.54. The van der Waals surface area contributed by atoms with Crippen molar-refractivity contribution in [1.82, 2.24) is 4.72 Å². The van der Waals surface area contributed by atoms with Gasteiger partial charge in [0, 0.05) is 12.1 Å². The van der Waals surface area contributed by atoms with Crippen LogP contribution >= 0.6 is 15.9 Å². The van der Waals surface area contributed by atoms with Crippen LogP contribution in [0.25, 0.3) is 0 Å². The summed E-state index contributed by atoms with van der Waals surface area (Å²) in [5.74, 6) is 0.186. The summed E-state index contributed by atoms with van der Waals surface area (Å²) < 4.78 is 32.6. The Morgan fingerprint density at radius 3 is 2.62 bits per heavy atom. The van der Waals surface area contributed by atoms with Crippen LogP contribution in [0.4, 0.5) is 0 Å². The third kappa shape index (κ3) is 3.55. The zero-order chi connectivity index (χ0) is 15.6. The highest BCUT2D eigenvalue weighted by Crippen LogP contribution is 2.28. The molecule has 0 bridgehead atoms. The first-order valence-corrected chi connectivity index (χ1v) is 8.59. The summed E-state index contributed by atoms with van der Waals surface area (Å²) in [5.41, 5.74) is 1.91. The second kappa shape index (κ2) is 6.31. The van der Waals surface area contributed by atoms with E-state index in [-0.39, 0.29) is 28.0 Å². The molecule has 0 fully saturated rings. The maximum Gasteiger partial charge on any atom is 0.245 e. The number of furan rings is 1. The number of halogens is 1. The van der Waals surface area contributed by atoms with Gasteiger partial charge in [0.15, 0.2) is 4.67 Å². The molecule has 0 aliphatic heterocycles. The second-order valence-electron chi connectivity index (χ2n) is 4.71. The van der Waals surface area contributed by atoms with E-state index in [0.717, 1.165) is 11.1 Å². The first-order valence-electron chi connectivity index (χ1n) is 6.32. The van der Waals surface area contributed by atoms with Crippen LogP contribution in [0.2, 0.25) is 0 Å². The topological polar surface area (TPSA) is 79.5 Å². The molecule has 1 atom stereocenters. The van der Waals surface area contributed by atoms with Crippen molar-refractivity contribution >= 4 is 26.0 Å². The Morgan fingerprint density at radius 2 is 2.05 bits per heavy atom. The van der Waals surface area contributed by atoms with Gasteiger partial charge in [-0.05, 0) is 40.9 Å². The molecule has 1 aromatic carbocycles. The minimum atomic E-state index is -3.75. The highest BCUT2D eigenvalue weighted by Gasteiger charge is 2.25. The fourth-order valence-corrected chi connectivity index (χ4v) is 4.31. The van der Waals surface area contributed by atoms with E-state index < -0.39 is 10.0 Å². The molecule has 2 rings (SSSR count). The predicted molar refractivity (Wildman–Crippen MR) is 82.2 cm³/mol. The first-order chi connectivity index (χ1) is 9.85. The van der Waals surface area contributed by atoms with Gasteiger partial charge in [-0.2, -0.15) is 0 Å². The zero-order valence-corrected chi connectivity index (χ0v) is 14.0. The van der Waals surface area contributed by atoms with Crippen molar-refractivity contribution in [3.05, 3.63) is 51.9 Å². The highest BCUT2D eigenvalue weighted by molar-refractivity contribution is 9.10. The van der Waals surface area contributed by atoms with Gasteiger partial charge in [0.2, 0.25) is 10.0 Å². The number of sulfonamides is 1. The number of benzene rings is 1. The van der Waals surface area contributed by atoms with Crippen LogP contribution in [-0.2, 0) is 16.6 Å². The summed E-state index contributed by atoms with van der Waals surface area (Å²) in [7, 11) is -3.75. The zero-order valence-electron chi connectivity index (χ0n) is 11.6. The lowest BCUT2D eigenvalue weighted by molar-refractivity contribution is 0.245. The Morgan fingerprint density at radius 1 is 1.38 bits per heavy atom. The molecule has 7 heteroatoms. The average molecular weight is 374 g/mol. The average Bonchev–Trinajstić information content (AvgIpc) is 2.81. The summed E-state index contributed by atoms with van der Waals surface area (Å²) in [6, 6.07) is 8.50. The molecule has 0 aliphatic rings. The normalized spacial score (nSPS) is 13.3. The van der Waals surface area contributed by atoms with Crippen LogP contribution in [0.15, 0.2) is 44.3 Å². The SMILES string of the molecule is Cc1ccccc1C(C)NS(=O)(=O)c1cc(CO)oc1Br. The van der Waals surface area contributed by atoms with Crippen molar-refractivity contribution in [2.45, 2.75) is 31.4 Å². The fraction of sp³-hybridized carbons (Fsp3) is 0.286. The van der Waals surface area contributed by atoms with Crippen molar-refractivity contribution in [3.8, 4) is 0 Å². The molecule has 1 aromatic heterocycles. The maximum atomic E-state index is 12.4. The molecule has 0 spiro atoms. The fourth-order valence-electron chi connectivity index (χ4n) is 2.09. The molecular weight excluding hydrogens is 358 g/mol. The lowest BCUT2D eigenvalue weighted by Gasteiger charge is -2.16. The molecular formula is C14H16BrNO4S. The van der Waals surface area contributed by atoms with Crippen LogP contribution in [-0.4, -0.2) is 13.5 Å². The van der Waals surface area contributed by atoms with Gasteiger partial charge in [0.25, 0.3) is 0 Å². The van der Waals surface area contributed by atoms with Gasteiger partial charge in [0.05, 0.1) is 0 Å². The van der Waals surface area contributed by atoms with E-state index in [9.17, 15) is 8.42 Å². The number of aliphatic hydroxyl groups is 1. The summed E-state index contributed by atoms with van der Waals surface area (Å²) in [6.07, 6.45) is 0. The molecule has 0 radical (unpaired) electrons. The number of hydrogen-bond donors (Lipinski definition) is 2. The lowest BCUT2D eigenvalue weighted by atomic mass is 10.0. The Balaban J connectivity index is 2.29. The summed E-state index contributed by atoms with van der Waals surface area (Å²) >= 11 is 3.06. The molecule has 0 saturated heterocycles. The van der Waals surface area contributed by atoms with Gasteiger partial charge in [-0.15, -0.1) is 0 Å².